The number of esters is 1. The molecule has 0 spiro atoms. The Morgan fingerprint density at radius 2 is 2.38 bits per heavy atom. The largest absolute Gasteiger partial charge is 0.467 e. The van der Waals surface area contributed by atoms with Crippen molar-refractivity contribution in [3.63, 3.8) is 0 Å². The Hall–Kier alpha value is -0.610. The highest BCUT2D eigenvalue weighted by Crippen LogP contribution is 2.46. The Bertz CT molecular complexity index is 222. The van der Waals surface area contributed by atoms with Crippen molar-refractivity contribution in [2.45, 2.75) is 25.0 Å². The third kappa shape index (κ3) is 1.34. The molecule has 0 N–H and O–H groups in total. The summed E-state index contributed by atoms with van der Waals surface area (Å²) in [5.74, 6) is 0.0750. The zero-order valence-electron chi connectivity index (χ0n) is 7.91. The first-order chi connectivity index (χ1) is 6.18. The summed E-state index contributed by atoms with van der Waals surface area (Å²) in [7, 11) is 1.38. The summed E-state index contributed by atoms with van der Waals surface area (Å²) in [4.78, 5) is 11.2. The number of ether oxygens (including phenoxy) is 3. The number of hydrogen-bond donors (Lipinski definition) is 0. The van der Waals surface area contributed by atoms with Crippen molar-refractivity contribution >= 4 is 5.97 Å². The summed E-state index contributed by atoms with van der Waals surface area (Å²) in [6.45, 7) is 3.43. The van der Waals surface area contributed by atoms with Gasteiger partial charge in [-0.05, 0) is 13.3 Å². The van der Waals surface area contributed by atoms with Crippen LogP contribution in [0.5, 0.6) is 0 Å². The first kappa shape index (κ1) is 8.97. The van der Waals surface area contributed by atoms with Gasteiger partial charge < -0.3 is 14.2 Å². The first-order valence-electron chi connectivity index (χ1n) is 4.52. The van der Waals surface area contributed by atoms with Crippen molar-refractivity contribution < 1.29 is 19.0 Å². The number of hydrogen-bond acceptors (Lipinski definition) is 4. The van der Waals surface area contributed by atoms with Gasteiger partial charge in [-0.2, -0.15) is 0 Å². The molecule has 0 aromatic rings. The second-order valence-electron chi connectivity index (χ2n) is 3.77. The SMILES string of the molecule is COC(=O)C1OC1(C)C1CCOC1. The van der Waals surface area contributed by atoms with Gasteiger partial charge in [0.15, 0.2) is 6.10 Å². The fraction of sp³-hybridized carbons (Fsp3) is 0.889. The number of carbonyl (C=O) groups is 1. The zero-order valence-corrected chi connectivity index (χ0v) is 7.91. The van der Waals surface area contributed by atoms with Crippen LogP contribution in [-0.2, 0) is 19.0 Å². The summed E-state index contributed by atoms with van der Waals surface area (Å²) >= 11 is 0. The van der Waals surface area contributed by atoms with E-state index in [1.54, 1.807) is 0 Å². The van der Waals surface area contributed by atoms with Crippen LogP contribution in [0.1, 0.15) is 13.3 Å². The van der Waals surface area contributed by atoms with Crippen molar-refractivity contribution in [2.75, 3.05) is 20.3 Å². The summed E-state index contributed by atoms with van der Waals surface area (Å²) in [5, 5.41) is 0. The van der Waals surface area contributed by atoms with Gasteiger partial charge in [0.2, 0.25) is 0 Å². The molecule has 3 unspecified atom stereocenters. The molecule has 2 aliphatic heterocycles. The fourth-order valence-corrected chi connectivity index (χ4v) is 1.91. The van der Waals surface area contributed by atoms with E-state index in [-0.39, 0.29) is 17.7 Å². The van der Waals surface area contributed by atoms with Crippen LogP contribution >= 0.6 is 0 Å². The molecule has 13 heavy (non-hydrogen) atoms. The maximum atomic E-state index is 11.2. The molecule has 0 saturated carbocycles. The van der Waals surface area contributed by atoms with Gasteiger partial charge in [0.1, 0.15) is 5.60 Å². The van der Waals surface area contributed by atoms with E-state index in [1.807, 2.05) is 6.92 Å². The molecule has 3 atom stereocenters. The lowest BCUT2D eigenvalue weighted by atomic mass is 9.90. The van der Waals surface area contributed by atoms with Gasteiger partial charge in [0.25, 0.3) is 0 Å². The topological polar surface area (TPSA) is 48.1 Å². The van der Waals surface area contributed by atoms with Crippen LogP contribution in [0, 0.1) is 5.92 Å². The number of epoxide rings is 1. The molecular formula is C9H14O4. The van der Waals surface area contributed by atoms with E-state index < -0.39 is 0 Å². The van der Waals surface area contributed by atoms with Crippen molar-refractivity contribution in [3.05, 3.63) is 0 Å². The summed E-state index contributed by atoms with van der Waals surface area (Å²) < 4.78 is 15.3. The lowest BCUT2D eigenvalue weighted by molar-refractivity contribution is -0.142. The molecule has 0 radical (unpaired) electrons. The Morgan fingerprint density at radius 3 is 2.92 bits per heavy atom. The predicted octanol–water partition coefficient (Wildman–Crippen LogP) is 0.353. The summed E-state index contributed by atoms with van der Waals surface area (Å²) in [6, 6.07) is 0. The normalized spacial score (nSPS) is 43.2. The Morgan fingerprint density at radius 1 is 1.62 bits per heavy atom. The minimum atomic E-state index is -0.371. The van der Waals surface area contributed by atoms with E-state index in [1.165, 1.54) is 7.11 Å². The molecular weight excluding hydrogens is 172 g/mol. The van der Waals surface area contributed by atoms with Crippen molar-refractivity contribution in [1.82, 2.24) is 0 Å². The maximum Gasteiger partial charge on any atom is 0.338 e. The predicted molar refractivity (Wildman–Crippen MR) is 44.2 cm³/mol. The number of carbonyl (C=O) groups excluding carboxylic acids is 1. The third-order valence-electron chi connectivity index (χ3n) is 2.99. The van der Waals surface area contributed by atoms with Crippen LogP contribution in [0.15, 0.2) is 0 Å². The first-order valence-corrected chi connectivity index (χ1v) is 4.52. The summed E-state index contributed by atoms with van der Waals surface area (Å²) in [6.07, 6.45) is 0.605. The molecule has 2 fully saturated rings. The van der Waals surface area contributed by atoms with E-state index in [9.17, 15) is 4.79 Å². The van der Waals surface area contributed by atoms with Crippen LogP contribution in [0.3, 0.4) is 0 Å². The fourth-order valence-electron chi connectivity index (χ4n) is 1.91. The number of rotatable bonds is 2. The zero-order chi connectivity index (χ0) is 9.47. The van der Waals surface area contributed by atoms with Gasteiger partial charge in [-0.3, -0.25) is 0 Å². The van der Waals surface area contributed by atoms with Gasteiger partial charge in [0, 0.05) is 12.5 Å². The summed E-state index contributed by atoms with van der Waals surface area (Å²) in [5.41, 5.74) is -0.330. The van der Waals surface area contributed by atoms with Gasteiger partial charge >= 0.3 is 5.97 Å². The van der Waals surface area contributed by atoms with Crippen LogP contribution in [0.2, 0.25) is 0 Å². The smallest absolute Gasteiger partial charge is 0.338 e. The van der Waals surface area contributed by atoms with Gasteiger partial charge in [0.05, 0.1) is 13.7 Å². The monoisotopic (exact) mass is 186 g/mol. The average Bonchev–Trinajstić information content (AvgIpc) is 2.64. The average molecular weight is 186 g/mol. The van der Waals surface area contributed by atoms with E-state index in [0.717, 1.165) is 13.0 Å². The van der Waals surface area contributed by atoms with Crippen molar-refractivity contribution in [3.8, 4) is 0 Å². The van der Waals surface area contributed by atoms with E-state index >= 15 is 0 Å². The van der Waals surface area contributed by atoms with Gasteiger partial charge in [-0.1, -0.05) is 0 Å². The lowest BCUT2D eigenvalue weighted by Crippen LogP contribution is -2.27. The van der Waals surface area contributed by atoms with Crippen molar-refractivity contribution in [2.24, 2.45) is 5.92 Å². The molecule has 0 bridgehead atoms. The van der Waals surface area contributed by atoms with Crippen LogP contribution in [0.4, 0.5) is 0 Å². The maximum absolute atomic E-state index is 11.2. The lowest BCUT2D eigenvalue weighted by Gasteiger charge is -2.11. The molecule has 0 aromatic heterocycles. The molecule has 2 saturated heterocycles. The third-order valence-corrected chi connectivity index (χ3v) is 2.99. The molecule has 2 rings (SSSR count). The standard InChI is InChI=1S/C9H14O4/c1-9(6-3-4-12-5-6)7(13-9)8(10)11-2/h6-7H,3-5H2,1-2H3. The quantitative estimate of drug-likeness (QED) is 0.461. The molecule has 0 aromatic carbocycles. The van der Waals surface area contributed by atoms with E-state index in [0.29, 0.717) is 12.5 Å². The Balaban J connectivity index is 1.97. The Kier molecular flexibility index (Phi) is 2.04. The van der Waals surface area contributed by atoms with Gasteiger partial charge in [-0.25, -0.2) is 4.79 Å². The van der Waals surface area contributed by atoms with E-state index in [4.69, 9.17) is 9.47 Å². The highest BCUT2D eigenvalue weighted by Gasteiger charge is 2.62. The highest BCUT2D eigenvalue weighted by atomic mass is 16.7. The van der Waals surface area contributed by atoms with Crippen LogP contribution < -0.4 is 0 Å². The molecule has 2 heterocycles. The Labute approximate surface area is 77.1 Å². The van der Waals surface area contributed by atoms with Gasteiger partial charge in [-0.15, -0.1) is 0 Å². The van der Waals surface area contributed by atoms with Crippen LogP contribution in [-0.4, -0.2) is 38.0 Å². The van der Waals surface area contributed by atoms with E-state index in [2.05, 4.69) is 4.74 Å². The van der Waals surface area contributed by atoms with Crippen LogP contribution in [0.25, 0.3) is 0 Å². The molecule has 0 amide bonds. The highest BCUT2D eigenvalue weighted by molar-refractivity contribution is 5.79. The van der Waals surface area contributed by atoms with Crippen molar-refractivity contribution in [1.29, 1.82) is 0 Å². The minimum absolute atomic E-state index is 0.269. The molecule has 4 heteroatoms. The molecule has 2 aliphatic rings. The molecule has 74 valence electrons. The molecule has 4 nitrogen and oxygen atoms in total. The minimum Gasteiger partial charge on any atom is -0.467 e. The second-order valence-corrected chi connectivity index (χ2v) is 3.77. The second kappa shape index (κ2) is 2.96. The molecule has 0 aliphatic carbocycles. The number of methoxy groups -OCH3 is 1.